The predicted molar refractivity (Wildman–Crippen MR) is 42.4 cm³/mol. The highest BCUT2D eigenvalue weighted by atomic mass is 15.3. The van der Waals surface area contributed by atoms with E-state index in [0.29, 0.717) is 6.04 Å². The van der Waals surface area contributed by atoms with Gasteiger partial charge in [-0.15, -0.1) is 0 Å². The molecule has 1 fully saturated rings. The molecule has 59 valence electrons. The van der Waals surface area contributed by atoms with Gasteiger partial charge in [0, 0.05) is 25.5 Å². The van der Waals surface area contributed by atoms with Gasteiger partial charge in [0.25, 0.3) is 0 Å². The molecule has 1 aromatic rings. The first kappa shape index (κ1) is 6.85. The third-order valence-corrected chi connectivity index (χ3v) is 2.14. The first-order chi connectivity index (χ1) is 5.47. The van der Waals surface area contributed by atoms with Crippen LogP contribution in [0.5, 0.6) is 0 Å². The molecule has 1 saturated heterocycles. The first-order valence-electron chi connectivity index (χ1n) is 4.09. The van der Waals surface area contributed by atoms with Crippen LogP contribution >= 0.6 is 0 Å². The third-order valence-electron chi connectivity index (χ3n) is 2.14. The standard InChI is InChI=1S/C8H12N3/c1-4-10-11(7-1)8-2-5-9-6-3-8/h1,4,7-8H,2-3,5-6H2. The average molecular weight is 150 g/mol. The molecule has 0 N–H and O–H groups in total. The van der Waals surface area contributed by atoms with Crippen molar-refractivity contribution < 1.29 is 0 Å². The molecule has 1 aliphatic rings. The summed E-state index contributed by atoms with van der Waals surface area (Å²) in [4.78, 5) is 0. The van der Waals surface area contributed by atoms with Gasteiger partial charge >= 0.3 is 0 Å². The van der Waals surface area contributed by atoms with Crippen molar-refractivity contribution in [2.75, 3.05) is 13.1 Å². The van der Waals surface area contributed by atoms with Crippen molar-refractivity contribution >= 4 is 0 Å². The minimum atomic E-state index is 0.600. The van der Waals surface area contributed by atoms with E-state index in [0.717, 1.165) is 25.9 Å². The van der Waals surface area contributed by atoms with Crippen molar-refractivity contribution in [3.63, 3.8) is 0 Å². The molecule has 0 aliphatic carbocycles. The van der Waals surface area contributed by atoms with Crippen LogP contribution in [0, 0.1) is 0 Å². The highest BCUT2D eigenvalue weighted by Gasteiger charge is 2.14. The average Bonchev–Trinajstić information content (AvgIpc) is 2.58. The number of hydrogen-bond acceptors (Lipinski definition) is 1. The Kier molecular flexibility index (Phi) is 1.90. The van der Waals surface area contributed by atoms with Crippen LogP contribution in [0.3, 0.4) is 0 Å². The lowest BCUT2D eigenvalue weighted by molar-refractivity contribution is 0.339. The lowest BCUT2D eigenvalue weighted by atomic mass is 10.1. The van der Waals surface area contributed by atoms with Gasteiger partial charge in [0.2, 0.25) is 0 Å². The van der Waals surface area contributed by atoms with Gasteiger partial charge in [-0.2, -0.15) is 5.10 Å². The van der Waals surface area contributed by atoms with Crippen molar-refractivity contribution in [2.45, 2.75) is 18.9 Å². The number of aromatic nitrogens is 2. The van der Waals surface area contributed by atoms with Gasteiger partial charge in [-0.3, -0.25) is 4.68 Å². The highest BCUT2D eigenvalue weighted by Crippen LogP contribution is 2.16. The molecule has 1 radical (unpaired) electrons. The smallest absolute Gasteiger partial charge is 0.0544 e. The SMILES string of the molecule is c1cnn(C2CC[N]CC2)c1. The fourth-order valence-electron chi connectivity index (χ4n) is 1.50. The van der Waals surface area contributed by atoms with Crippen LogP contribution in [-0.2, 0) is 0 Å². The largest absolute Gasteiger partial charge is 0.270 e. The number of rotatable bonds is 1. The number of hydrogen-bond donors (Lipinski definition) is 0. The molecule has 3 nitrogen and oxygen atoms in total. The molecule has 0 atom stereocenters. The topological polar surface area (TPSA) is 31.9 Å². The maximum absolute atomic E-state index is 4.30. The molecule has 0 bridgehead atoms. The summed E-state index contributed by atoms with van der Waals surface area (Å²) in [6, 6.07) is 2.58. The Morgan fingerprint density at radius 1 is 1.27 bits per heavy atom. The first-order valence-corrected chi connectivity index (χ1v) is 4.09. The summed E-state index contributed by atoms with van der Waals surface area (Å²) in [7, 11) is 0. The van der Waals surface area contributed by atoms with Crippen LogP contribution in [0.25, 0.3) is 0 Å². The molecular formula is C8H12N3. The van der Waals surface area contributed by atoms with Crippen LogP contribution in [0.15, 0.2) is 18.5 Å². The molecule has 0 saturated carbocycles. The minimum absolute atomic E-state index is 0.600. The molecular weight excluding hydrogens is 138 g/mol. The summed E-state index contributed by atoms with van der Waals surface area (Å²) in [5.41, 5.74) is 0. The Morgan fingerprint density at radius 3 is 2.73 bits per heavy atom. The highest BCUT2D eigenvalue weighted by molar-refractivity contribution is 4.83. The molecule has 1 aromatic heterocycles. The van der Waals surface area contributed by atoms with Gasteiger partial charge in [-0.25, -0.2) is 5.32 Å². The van der Waals surface area contributed by atoms with Gasteiger partial charge in [-0.1, -0.05) is 0 Å². The molecule has 0 amide bonds. The lowest BCUT2D eigenvalue weighted by Gasteiger charge is -2.21. The van der Waals surface area contributed by atoms with E-state index in [9.17, 15) is 0 Å². The lowest BCUT2D eigenvalue weighted by Crippen LogP contribution is -2.24. The Bertz CT molecular complexity index is 199. The Labute approximate surface area is 66.4 Å². The molecule has 11 heavy (non-hydrogen) atoms. The van der Waals surface area contributed by atoms with Gasteiger partial charge in [0.1, 0.15) is 0 Å². The van der Waals surface area contributed by atoms with E-state index in [1.165, 1.54) is 0 Å². The number of piperidine rings is 1. The molecule has 1 aliphatic heterocycles. The Hall–Kier alpha value is -0.830. The van der Waals surface area contributed by atoms with E-state index in [2.05, 4.69) is 15.1 Å². The van der Waals surface area contributed by atoms with E-state index in [1.54, 1.807) is 0 Å². The zero-order valence-corrected chi connectivity index (χ0v) is 6.48. The number of nitrogens with zero attached hydrogens (tertiary/aromatic N) is 3. The van der Waals surface area contributed by atoms with E-state index >= 15 is 0 Å². The van der Waals surface area contributed by atoms with Crippen LogP contribution in [-0.4, -0.2) is 22.9 Å². The zero-order chi connectivity index (χ0) is 7.52. The third kappa shape index (κ3) is 1.43. The summed E-state index contributed by atoms with van der Waals surface area (Å²) < 4.78 is 2.05. The summed E-state index contributed by atoms with van der Waals surface area (Å²) in [6.07, 6.45) is 6.19. The van der Waals surface area contributed by atoms with Crippen molar-refractivity contribution in [1.29, 1.82) is 0 Å². The summed E-state index contributed by atoms with van der Waals surface area (Å²) >= 11 is 0. The Morgan fingerprint density at radius 2 is 2.09 bits per heavy atom. The fraction of sp³-hybridized carbons (Fsp3) is 0.625. The summed E-state index contributed by atoms with van der Waals surface area (Å²) in [5.74, 6) is 0. The minimum Gasteiger partial charge on any atom is -0.270 e. The monoisotopic (exact) mass is 150 g/mol. The van der Waals surface area contributed by atoms with Gasteiger partial charge in [0.05, 0.1) is 6.04 Å². The van der Waals surface area contributed by atoms with E-state index in [4.69, 9.17) is 0 Å². The van der Waals surface area contributed by atoms with Gasteiger partial charge in [0.15, 0.2) is 0 Å². The molecule has 0 spiro atoms. The van der Waals surface area contributed by atoms with Crippen molar-refractivity contribution in [2.24, 2.45) is 0 Å². The zero-order valence-electron chi connectivity index (χ0n) is 6.48. The maximum Gasteiger partial charge on any atom is 0.0544 e. The normalized spacial score (nSPS) is 20.4. The molecule has 0 aromatic carbocycles. The molecule has 2 heterocycles. The Balaban J connectivity index is 2.04. The van der Waals surface area contributed by atoms with Crippen LogP contribution in [0.4, 0.5) is 0 Å². The van der Waals surface area contributed by atoms with Crippen LogP contribution in [0.1, 0.15) is 18.9 Å². The second-order valence-corrected chi connectivity index (χ2v) is 2.89. The molecule has 0 unspecified atom stereocenters. The van der Waals surface area contributed by atoms with Gasteiger partial charge in [-0.05, 0) is 18.9 Å². The maximum atomic E-state index is 4.30. The van der Waals surface area contributed by atoms with Crippen molar-refractivity contribution in [3.8, 4) is 0 Å². The van der Waals surface area contributed by atoms with Crippen LogP contribution in [0.2, 0.25) is 0 Å². The van der Waals surface area contributed by atoms with E-state index in [1.807, 2.05) is 18.5 Å². The van der Waals surface area contributed by atoms with E-state index in [-0.39, 0.29) is 0 Å². The van der Waals surface area contributed by atoms with E-state index < -0.39 is 0 Å². The van der Waals surface area contributed by atoms with Gasteiger partial charge < -0.3 is 0 Å². The molecule has 3 heteroatoms. The fourth-order valence-corrected chi connectivity index (χ4v) is 1.50. The second kappa shape index (κ2) is 3.05. The second-order valence-electron chi connectivity index (χ2n) is 2.89. The summed E-state index contributed by atoms with van der Waals surface area (Å²) in [5, 5.41) is 8.51. The van der Waals surface area contributed by atoms with Crippen molar-refractivity contribution in [3.05, 3.63) is 18.5 Å². The van der Waals surface area contributed by atoms with Crippen LogP contribution < -0.4 is 5.32 Å². The van der Waals surface area contributed by atoms with Crippen molar-refractivity contribution in [1.82, 2.24) is 15.1 Å². The summed E-state index contributed by atoms with van der Waals surface area (Å²) in [6.45, 7) is 2.01. The quantitative estimate of drug-likeness (QED) is 0.583. The molecule has 2 rings (SSSR count). The predicted octanol–water partition coefficient (Wildman–Crippen LogP) is 0.822.